The Labute approximate surface area is 131 Å². The highest BCUT2D eigenvalue weighted by Gasteiger charge is 2.34. The molecule has 4 rings (SSSR count). The van der Waals surface area contributed by atoms with Crippen molar-refractivity contribution in [3.8, 4) is 0 Å². The number of ether oxygens (including phenoxy) is 2. The van der Waals surface area contributed by atoms with Gasteiger partial charge in [0.15, 0.2) is 5.82 Å². The van der Waals surface area contributed by atoms with Gasteiger partial charge in [-0.2, -0.15) is 4.98 Å². The molecule has 2 atom stereocenters. The lowest BCUT2D eigenvalue weighted by molar-refractivity contribution is 0.00920. The molecule has 1 aliphatic carbocycles. The molecule has 6 nitrogen and oxygen atoms in total. The average molecular weight is 307 g/mol. The van der Waals surface area contributed by atoms with Gasteiger partial charge in [-0.1, -0.05) is 5.16 Å². The molecule has 0 aromatic carbocycles. The lowest BCUT2D eigenvalue weighted by Gasteiger charge is -2.22. The van der Waals surface area contributed by atoms with Crippen molar-refractivity contribution in [2.45, 2.75) is 56.6 Å². The van der Waals surface area contributed by atoms with Gasteiger partial charge in [-0.3, -0.25) is 4.90 Å². The first-order valence-electron chi connectivity index (χ1n) is 8.67. The Morgan fingerprint density at radius 1 is 1.18 bits per heavy atom. The molecule has 1 aromatic rings. The molecule has 0 unspecified atom stereocenters. The number of hydrogen-bond donors (Lipinski definition) is 0. The molecule has 3 aliphatic rings. The van der Waals surface area contributed by atoms with Crippen molar-refractivity contribution < 1.29 is 14.0 Å². The van der Waals surface area contributed by atoms with Gasteiger partial charge in [0.05, 0.1) is 25.4 Å². The van der Waals surface area contributed by atoms with E-state index in [-0.39, 0.29) is 0 Å². The van der Waals surface area contributed by atoms with Gasteiger partial charge in [0.1, 0.15) is 0 Å². The van der Waals surface area contributed by atoms with E-state index >= 15 is 0 Å². The zero-order valence-electron chi connectivity index (χ0n) is 13.1. The van der Waals surface area contributed by atoms with Crippen LogP contribution in [-0.2, 0) is 9.47 Å². The lowest BCUT2D eigenvalue weighted by atomic mass is 10.2. The molecule has 3 heterocycles. The van der Waals surface area contributed by atoms with Crippen molar-refractivity contribution in [3.05, 3.63) is 11.7 Å². The van der Waals surface area contributed by atoms with E-state index in [1.165, 1.54) is 25.7 Å². The van der Waals surface area contributed by atoms with Crippen LogP contribution in [0.15, 0.2) is 4.52 Å². The monoisotopic (exact) mass is 307 g/mol. The average Bonchev–Trinajstić information content (AvgIpc) is 3.00. The summed E-state index contributed by atoms with van der Waals surface area (Å²) in [5.41, 5.74) is 0. The van der Waals surface area contributed by atoms with Crippen LogP contribution in [0.4, 0.5) is 0 Å². The molecule has 0 amide bonds. The van der Waals surface area contributed by atoms with Gasteiger partial charge in [0, 0.05) is 19.1 Å². The topological polar surface area (TPSA) is 60.6 Å². The predicted octanol–water partition coefficient (Wildman–Crippen LogP) is 2.28. The van der Waals surface area contributed by atoms with Gasteiger partial charge in [0.2, 0.25) is 5.89 Å². The summed E-state index contributed by atoms with van der Waals surface area (Å²) in [4.78, 5) is 7.04. The van der Waals surface area contributed by atoms with Crippen molar-refractivity contribution in [1.29, 1.82) is 0 Å². The molecule has 0 N–H and O–H groups in total. The summed E-state index contributed by atoms with van der Waals surface area (Å²) in [6.07, 6.45) is 7.34. The summed E-state index contributed by atoms with van der Waals surface area (Å²) < 4.78 is 16.8. The highest BCUT2D eigenvalue weighted by molar-refractivity contribution is 5.05. The minimum Gasteiger partial charge on any atom is -0.377 e. The van der Waals surface area contributed by atoms with Gasteiger partial charge in [-0.25, -0.2) is 0 Å². The van der Waals surface area contributed by atoms with Gasteiger partial charge in [0.25, 0.3) is 0 Å². The molecule has 1 aromatic heterocycles. The summed E-state index contributed by atoms with van der Waals surface area (Å²) in [5, 5.41) is 4.21. The van der Waals surface area contributed by atoms with Crippen LogP contribution in [0.25, 0.3) is 0 Å². The first-order chi connectivity index (χ1) is 10.9. The molecular weight excluding hydrogens is 282 g/mol. The van der Waals surface area contributed by atoms with Crippen molar-refractivity contribution in [2.24, 2.45) is 0 Å². The van der Waals surface area contributed by atoms with E-state index in [9.17, 15) is 0 Å². The predicted molar refractivity (Wildman–Crippen MR) is 79.6 cm³/mol. The molecule has 6 heteroatoms. The van der Waals surface area contributed by atoms with Gasteiger partial charge < -0.3 is 14.0 Å². The normalized spacial score (nSPS) is 29.5. The van der Waals surface area contributed by atoms with E-state index in [0.717, 1.165) is 57.5 Å². The van der Waals surface area contributed by atoms with E-state index in [2.05, 4.69) is 15.0 Å². The molecule has 3 fully saturated rings. The first kappa shape index (κ1) is 14.6. The summed E-state index contributed by atoms with van der Waals surface area (Å²) >= 11 is 0. The Balaban J connectivity index is 1.25. The number of aromatic nitrogens is 2. The van der Waals surface area contributed by atoms with E-state index in [1.54, 1.807) is 0 Å². The lowest BCUT2D eigenvalue weighted by Crippen LogP contribution is -2.29. The molecule has 0 radical (unpaired) electrons. The van der Waals surface area contributed by atoms with Crippen molar-refractivity contribution in [3.63, 3.8) is 0 Å². The zero-order valence-corrected chi connectivity index (χ0v) is 13.1. The maximum Gasteiger partial charge on any atom is 0.229 e. The number of hydrogen-bond acceptors (Lipinski definition) is 6. The molecule has 2 aliphatic heterocycles. The highest BCUT2D eigenvalue weighted by Crippen LogP contribution is 2.40. The maximum atomic E-state index is 5.79. The Morgan fingerprint density at radius 3 is 2.95 bits per heavy atom. The van der Waals surface area contributed by atoms with Crippen LogP contribution in [0.5, 0.6) is 0 Å². The first-order valence-corrected chi connectivity index (χ1v) is 8.67. The summed E-state index contributed by atoms with van der Waals surface area (Å²) in [7, 11) is 0. The fraction of sp³-hybridized carbons (Fsp3) is 0.875. The van der Waals surface area contributed by atoms with Crippen molar-refractivity contribution in [2.75, 3.05) is 32.9 Å². The minimum atomic E-state index is 0.308. The van der Waals surface area contributed by atoms with E-state index < -0.39 is 0 Å². The standard InChI is InChI=1S/C16H25N3O3/c1-4-14(15-17-16(22-18-15)12-5-6-12)19(7-1)8-10-20-11-13-3-2-9-21-13/h12-14H,1-11H2/t13-,14+/m0/s1. The molecule has 122 valence electrons. The number of rotatable bonds is 7. The van der Waals surface area contributed by atoms with E-state index in [1.807, 2.05) is 0 Å². The largest absolute Gasteiger partial charge is 0.377 e. The Bertz CT molecular complexity index is 483. The van der Waals surface area contributed by atoms with Crippen LogP contribution in [0.2, 0.25) is 0 Å². The summed E-state index contributed by atoms with van der Waals surface area (Å²) in [6.45, 7) is 4.41. The number of likely N-dealkylation sites (tertiary alicyclic amines) is 1. The maximum absolute atomic E-state index is 5.79. The minimum absolute atomic E-state index is 0.308. The fourth-order valence-electron chi connectivity index (χ4n) is 3.44. The van der Waals surface area contributed by atoms with Gasteiger partial charge in [-0.15, -0.1) is 0 Å². The Hall–Kier alpha value is -0.980. The van der Waals surface area contributed by atoms with Crippen molar-refractivity contribution in [1.82, 2.24) is 15.0 Å². The molecule has 0 spiro atoms. The summed E-state index contributed by atoms with van der Waals surface area (Å²) in [5.74, 6) is 2.25. The zero-order chi connectivity index (χ0) is 14.8. The van der Waals surface area contributed by atoms with Gasteiger partial charge >= 0.3 is 0 Å². The summed E-state index contributed by atoms with van der Waals surface area (Å²) in [6, 6.07) is 0.308. The number of nitrogens with zero attached hydrogens (tertiary/aromatic N) is 3. The van der Waals surface area contributed by atoms with Crippen LogP contribution < -0.4 is 0 Å². The van der Waals surface area contributed by atoms with Crippen LogP contribution in [0, 0.1) is 0 Å². The second-order valence-electron chi connectivity index (χ2n) is 6.67. The third-order valence-corrected chi connectivity index (χ3v) is 4.90. The third-order valence-electron chi connectivity index (χ3n) is 4.90. The van der Waals surface area contributed by atoms with E-state index in [0.29, 0.717) is 18.1 Å². The van der Waals surface area contributed by atoms with Gasteiger partial charge in [-0.05, 0) is 45.1 Å². The highest BCUT2D eigenvalue weighted by atomic mass is 16.5. The second kappa shape index (κ2) is 6.64. The fourth-order valence-corrected chi connectivity index (χ4v) is 3.44. The molecular formula is C16H25N3O3. The molecule has 2 saturated heterocycles. The van der Waals surface area contributed by atoms with E-state index in [4.69, 9.17) is 14.0 Å². The molecule has 0 bridgehead atoms. The quantitative estimate of drug-likeness (QED) is 0.720. The van der Waals surface area contributed by atoms with Crippen LogP contribution in [-0.4, -0.2) is 54.1 Å². The smallest absolute Gasteiger partial charge is 0.229 e. The van der Waals surface area contributed by atoms with Crippen LogP contribution >= 0.6 is 0 Å². The molecule has 1 saturated carbocycles. The second-order valence-corrected chi connectivity index (χ2v) is 6.67. The van der Waals surface area contributed by atoms with Crippen LogP contribution in [0.3, 0.4) is 0 Å². The Morgan fingerprint density at radius 2 is 2.14 bits per heavy atom. The Kier molecular flexibility index (Phi) is 4.41. The van der Waals surface area contributed by atoms with Crippen molar-refractivity contribution >= 4 is 0 Å². The third kappa shape index (κ3) is 3.34. The van der Waals surface area contributed by atoms with Crippen LogP contribution in [0.1, 0.15) is 62.2 Å². The SMILES string of the molecule is C1CO[C@H](COCCN2CCC[C@@H]2c2noc(C3CC3)n2)C1. The molecule has 22 heavy (non-hydrogen) atoms.